The molecule has 1 aliphatic carbocycles. The van der Waals surface area contributed by atoms with Crippen molar-refractivity contribution in [3.8, 4) is 0 Å². The highest BCUT2D eigenvalue weighted by Gasteiger charge is 2.48. The molecule has 1 aromatic rings. The van der Waals surface area contributed by atoms with Crippen LogP contribution in [0.3, 0.4) is 0 Å². The molecule has 16 heavy (non-hydrogen) atoms. The molecule has 0 spiro atoms. The number of nitrogens with zero attached hydrogens (tertiary/aromatic N) is 1. The average Bonchev–Trinajstić information content (AvgIpc) is 3.11. The zero-order chi connectivity index (χ0) is 11.6. The van der Waals surface area contributed by atoms with Crippen LogP contribution in [0.25, 0.3) is 0 Å². The second-order valence-electron chi connectivity index (χ2n) is 4.47. The summed E-state index contributed by atoms with van der Waals surface area (Å²) in [6, 6.07) is 3.82. The highest BCUT2D eigenvalue weighted by Crippen LogP contribution is 2.45. The lowest BCUT2D eigenvalue weighted by Crippen LogP contribution is -2.37. The molecule has 1 aliphatic rings. The van der Waals surface area contributed by atoms with Gasteiger partial charge < -0.3 is 11.1 Å². The van der Waals surface area contributed by atoms with Gasteiger partial charge in [-0.05, 0) is 31.4 Å². The number of nitrogens with one attached hydrogen (secondary N) is 1. The molecule has 4 heteroatoms. The molecule has 1 aromatic heterocycles. The van der Waals surface area contributed by atoms with Crippen molar-refractivity contribution in [3.05, 3.63) is 30.1 Å². The van der Waals surface area contributed by atoms with Crippen LogP contribution in [-0.4, -0.2) is 17.4 Å². The quantitative estimate of drug-likeness (QED) is 0.793. The summed E-state index contributed by atoms with van der Waals surface area (Å²) in [5, 5.41) is 2.99. The van der Waals surface area contributed by atoms with Crippen LogP contribution in [0.4, 0.5) is 0 Å². The highest BCUT2D eigenvalue weighted by molar-refractivity contribution is 5.85. The summed E-state index contributed by atoms with van der Waals surface area (Å²) >= 11 is 0. The van der Waals surface area contributed by atoms with Crippen molar-refractivity contribution in [1.82, 2.24) is 10.3 Å². The summed E-state index contributed by atoms with van der Waals surface area (Å²) in [4.78, 5) is 16.0. The van der Waals surface area contributed by atoms with Gasteiger partial charge in [-0.3, -0.25) is 9.78 Å². The van der Waals surface area contributed by atoms with Gasteiger partial charge in [0.1, 0.15) is 0 Å². The van der Waals surface area contributed by atoms with Crippen molar-refractivity contribution < 1.29 is 4.79 Å². The summed E-state index contributed by atoms with van der Waals surface area (Å²) in [6.45, 7) is 2.40. The van der Waals surface area contributed by atoms with E-state index in [1.54, 1.807) is 12.4 Å². The molecule has 0 radical (unpaired) electrons. The molecule has 86 valence electrons. The summed E-state index contributed by atoms with van der Waals surface area (Å²) in [6.07, 6.45) is 5.32. The molecule has 2 rings (SSSR count). The zero-order valence-corrected chi connectivity index (χ0v) is 9.44. The first kappa shape index (κ1) is 11.1. The molecule has 1 atom stereocenters. The fourth-order valence-electron chi connectivity index (χ4n) is 1.74. The summed E-state index contributed by atoms with van der Waals surface area (Å²) in [7, 11) is 0. The molecule has 1 saturated carbocycles. The monoisotopic (exact) mass is 219 g/mol. The number of carbonyl (C=O) groups is 1. The number of amides is 1. The van der Waals surface area contributed by atoms with Gasteiger partial charge in [-0.1, -0.05) is 6.07 Å². The van der Waals surface area contributed by atoms with Crippen LogP contribution in [0, 0.1) is 5.41 Å². The minimum atomic E-state index is -0.281. The minimum Gasteiger partial charge on any atom is -0.349 e. The lowest BCUT2D eigenvalue weighted by atomic mass is 10.1. The Hall–Kier alpha value is -1.42. The van der Waals surface area contributed by atoms with Crippen molar-refractivity contribution >= 4 is 5.91 Å². The van der Waals surface area contributed by atoms with E-state index in [2.05, 4.69) is 10.3 Å². The Balaban J connectivity index is 1.98. The Kier molecular flexibility index (Phi) is 2.92. The molecule has 3 N–H and O–H groups in total. The van der Waals surface area contributed by atoms with Crippen molar-refractivity contribution in [2.24, 2.45) is 11.1 Å². The van der Waals surface area contributed by atoms with E-state index in [1.165, 1.54) is 0 Å². The lowest BCUT2D eigenvalue weighted by molar-refractivity contribution is -0.126. The fourth-order valence-corrected chi connectivity index (χ4v) is 1.74. The van der Waals surface area contributed by atoms with Crippen molar-refractivity contribution in [3.63, 3.8) is 0 Å². The minimum absolute atomic E-state index is 0.00905. The predicted molar refractivity (Wildman–Crippen MR) is 61.5 cm³/mol. The summed E-state index contributed by atoms with van der Waals surface area (Å²) in [5.41, 5.74) is 6.35. The fraction of sp³-hybridized carbons (Fsp3) is 0.500. The summed E-state index contributed by atoms with van der Waals surface area (Å²) < 4.78 is 0. The Morgan fingerprint density at radius 2 is 2.44 bits per heavy atom. The van der Waals surface area contributed by atoms with E-state index >= 15 is 0 Å². The Labute approximate surface area is 95.3 Å². The largest absolute Gasteiger partial charge is 0.349 e. The first-order chi connectivity index (χ1) is 7.68. The van der Waals surface area contributed by atoms with E-state index in [0.29, 0.717) is 6.54 Å². The second-order valence-corrected chi connectivity index (χ2v) is 4.47. The van der Waals surface area contributed by atoms with Gasteiger partial charge in [-0.15, -0.1) is 0 Å². The standard InChI is InChI=1S/C12H17N3O/c1-9(10-3-2-6-14-7-10)15-11(16)12(8-13)4-5-12/h2-3,6-7,9H,4-5,8,13H2,1H3,(H,15,16)/t9-/m0/s1. The van der Waals surface area contributed by atoms with Gasteiger partial charge in [0.25, 0.3) is 0 Å². The van der Waals surface area contributed by atoms with Crippen LogP contribution in [0.5, 0.6) is 0 Å². The third-order valence-corrected chi connectivity index (χ3v) is 3.26. The molecule has 0 aliphatic heterocycles. The molecule has 1 amide bonds. The Bertz CT molecular complexity index is 373. The molecular formula is C12H17N3O. The number of carbonyl (C=O) groups excluding carboxylic acids is 1. The van der Waals surface area contributed by atoms with Gasteiger partial charge in [0.05, 0.1) is 11.5 Å². The number of nitrogens with two attached hydrogens (primary N) is 1. The van der Waals surface area contributed by atoms with Gasteiger partial charge in [-0.25, -0.2) is 0 Å². The average molecular weight is 219 g/mol. The van der Waals surface area contributed by atoms with Crippen LogP contribution in [0.15, 0.2) is 24.5 Å². The number of aromatic nitrogens is 1. The third kappa shape index (κ3) is 2.07. The molecular weight excluding hydrogens is 202 g/mol. The normalized spacial score (nSPS) is 18.9. The lowest BCUT2D eigenvalue weighted by Gasteiger charge is -2.18. The van der Waals surface area contributed by atoms with Crippen LogP contribution < -0.4 is 11.1 Å². The molecule has 0 bridgehead atoms. The van der Waals surface area contributed by atoms with E-state index < -0.39 is 0 Å². The van der Waals surface area contributed by atoms with Crippen LogP contribution in [0.2, 0.25) is 0 Å². The zero-order valence-electron chi connectivity index (χ0n) is 9.44. The maximum atomic E-state index is 11.9. The number of hydrogen-bond acceptors (Lipinski definition) is 3. The van der Waals surface area contributed by atoms with Gasteiger partial charge in [-0.2, -0.15) is 0 Å². The van der Waals surface area contributed by atoms with Crippen molar-refractivity contribution in [2.45, 2.75) is 25.8 Å². The van der Waals surface area contributed by atoms with E-state index in [1.807, 2.05) is 19.1 Å². The van der Waals surface area contributed by atoms with E-state index in [-0.39, 0.29) is 17.4 Å². The van der Waals surface area contributed by atoms with Crippen LogP contribution >= 0.6 is 0 Å². The van der Waals surface area contributed by atoms with Crippen LogP contribution in [-0.2, 0) is 4.79 Å². The highest BCUT2D eigenvalue weighted by atomic mass is 16.2. The first-order valence-electron chi connectivity index (χ1n) is 5.59. The topological polar surface area (TPSA) is 68.0 Å². The van der Waals surface area contributed by atoms with Gasteiger partial charge in [0, 0.05) is 18.9 Å². The smallest absolute Gasteiger partial charge is 0.227 e. The maximum absolute atomic E-state index is 11.9. The molecule has 4 nitrogen and oxygen atoms in total. The van der Waals surface area contributed by atoms with Gasteiger partial charge >= 0.3 is 0 Å². The molecule has 0 saturated heterocycles. The van der Waals surface area contributed by atoms with Crippen molar-refractivity contribution in [1.29, 1.82) is 0 Å². The molecule has 0 unspecified atom stereocenters. The molecule has 0 aromatic carbocycles. The predicted octanol–water partition coefficient (Wildman–Crippen LogP) is 0.998. The second kappa shape index (κ2) is 4.22. The Morgan fingerprint density at radius 3 is 2.94 bits per heavy atom. The van der Waals surface area contributed by atoms with Gasteiger partial charge in [0.2, 0.25) is 5.91 Å². The third-order valence-electron chi connectivity index (χ3n) is 3.26. The summed E-state index contributed by atoms with van der Waals surface area (Å²) in [5.74, 6) is 0.0753. The van der Waals surface area contributed by atoms with E-state index in [0.717, 1.165) is 18.4 Å². The molecule has 1 fully saturated rings. The van der Waals surface area contributed by atoms with E-state index in [4.69, 9.17) is 5.73 Å². The Morgan fingerprint density at radius 1 is 1.69 bits per heavy atom. The van der Waals surface area contributed by atoms with Crippen molar-refractivity contribution in [2.75, 3.05) is 6.54 Å². The van der Waals surface area contributed by atoms with E-state index in [9.17, 15) is 4.79 Å². The molecule has 1 heterocycles. The number of rotatable bonds is 4. The van der Waals surface area contributed by atoms with Gasteiger partial charge in [0.15, 0.2) is 0 Å². The first-order valence-corrected chi connectivity index (χ1v) is 5.59. The SMILES string of the molecule is C[C@H](NC(=O)C1(CN)CC1)c1cccnc1. The number of hydrogen-bond donors (Lipinski definition) is 2. The maximum Gasteiger partial charge on any atom is 0.227 e. The van der Waals surface area contributed by atoms with Crippen LogP contribution in [0.1, 0.15) is 31.4 Å². The number of pyridine rings is 1.